The minimum absolute atomic E-state index is 0.342. The highest BCUT2D eigenvalue weighted by Crippen LogP contribution is 2.26. The molecule has 0 saturated heterocycles. The minimum Gasteiger partial charge on any atom is -0.354 e. The van der Waals surface area contributed by atoms with Gasteiger partial charge >= 0.3 is 0 Å². The summed E-state index contributed by atoms with van der Waals surface area (Å²) in [4.78, 5) is 12.5. The minimum atomic E-state index is -3.65. The first-order chi connectivity index (χ1) is 12.7. The number of benzene rings is 2. The van der Waals surface area contributed by atoms with Crippen LogP contribution in [0, 0.1) is 6.92 Å². The normalized spacial score (nSPS) is 12.4. The van der Waals surface area contributed by atoms with Crippen LogP contribution >= 0.6 is 11.6 Å². The number of sulfonamides is 1. The fraction of sp³-hybridized carbons (Fsp3) is 0.350. The predicted octanol–water partition coefficient (Wildman–Crippen LogP) is 3.55. The van der Waals surface area contributed by atoms with Crippen molar-refractivity contribution in [2.75, 3.05) is 17.1 Å². The number of carbonyl (C=O) groups is 1. The van der Waals surface area contributed by atoms with Crippen molar-refractivity contribution in [3.05, 3.63) is 64.7 Å². The number of nitrogens with one attached hydrogen (secondary N) is 1. The number of nitrogens with zero attached hydrogens (tertiary/aromatic N) is 1. The van der Waals surface area contributed by atoms with Gasteiger partial charge in [0.15, 0.2) is 0 Å². The summed E-state index contributed by atoms with van der Waals surface area (Å²) < 4.78 is 25.7. The maximum absolute atomic E-state index is 12.5. The molecule has 0 bridgehead atoms. The maximum atomic E-state index is 12.5. The van der Waals surface area contributed by atoms with Gasteiger partial charge in [-0.05, 0) is 49.9 Å². The Hall–Kier alpha value is -2.05. The van der Waals surface area contributed by atoms with Gasteiger partial charge in [-0.1, -0.05) is 48.0 Å². The molecule has 0 unspecified atom stereocenters. The molecule has 2 aromatic carbocycles. The van der Waals surface area contributed by atoms with Crippen LogP contribution in [-0.4, -0.2) is 33.2 Å². The molecule has 7 heteroatoms. The molecule has 1 N–H and O–H groups in total. The summed E-state index contributed by atoms with van der Waals surface area (Å²) in [6.45, 7) is 3.88. The lowest BCUT2D eigenvalue weighted by Gasteiger charge is -2.28. The quantitative estimate of drug-likeness (QED) is 0.679. The highest BCUT2D eigenvalue weighted by atomic mass is 35.5. The fourth-order valence-electron chi connectivity index (χ4n) is 2.82. The van der Waals surface area contributed by atoms with Gasteiger partial charge in [-0.2, -0.15) is 0 Å². The molecule has 5 nitrogen and oxygen atoms in total. The van der Waals surface area contributed by atoms with Crippen LogP contribution in [0.2, 0.25) is 5.02 Å². The van der Waals surface area contributed by atoms with Crippen molar-refractivity contribution >= 4 is 33.2 Å². The third-order valence-corrected chi connectivity index (χ3v) is 5.93. The number of rotatable bonds is 8. The number of amides is 1. The molecule has 27 heavy (non-hydrogen) atoms. The summed E-state index contributed by atoms with van der Waals surface area (Å²) in [5.74, 6) is -0.342. The van der Waals surface area contributed by atoms with E-state index < -0.39 is 16.1 Å². The second kappa shape index (κ2) is 9.24. The Bertz CT molecular complexity index is 885. The molecule has 0 radical (unpaired) electrons. The van der Waals surface area contributed by atoms with E-state index in [4.69, 9.17) is 11.6 Å². The van der Waals surface area contributed by atoms with E-state index in [1.54, 1.807) is 25.1 Å². The van der Waals surface area contributed by atoms with Crippen molar-refractivity contribution in [1.82, 2.24) is 5.32 Å². The average Bonchev–Trinajstić information content (AvgIpc) is 2.61. The second-order valence-electron chi connectivity index (χ2n) is 6.55. The molecule has 2 aromatic rings. The number of halogens is 1. The summed E-state index contributed by atoms with van der Waals surface area (Å²) in [5, 5.41) is 3.28. The number of carbonyl (C=O) groups excluding carboxylic acids is 1. The Morgan fingerprint density at radius 3 is 2.44 bits per heavy atom. The molecule has 0 aliphatic carbocycles. The zero-order valence-electron chi connectivity index (χ0n) is 15.8. The van der Waals surface area contributed by atoms with Crippen LogP contribution in [-0.2, 0) is 21.2 Å². The number of hydrogen-bond donors (Lipinski definition) is 1. The van der Waals surface area contributed by atoms with Gasteiger partial charge in [-0.3, -0.25) is 9.10 Å². The molecular weight excluding hydrogens is 384 g/mol. The Labute approximate surface area is 166 Å². The fourth-order valence-corrected chi connectivity index (χ4v) is 4.17. The molecular formula is C20H25ClN2O3S. The van der Waals surface area contributed by atoms with Crippen molar-refractivity contribution in [3.8, 4) is 0 Å². The average molecular weight is 409 g/mol. The molecule has 0 spiro atoms. The third-order valence-electron chi connectivity index (χ3n) is 4.28. The van der Waals surface area contributed by atoms with E-state index in [-0.39, 0.29) is 5.91 Å². The first kappa shape index (κ1) is 21.3. The second-order valence-corrected chi connectivity index (χ2v) is 8.82. The van der Waals surface area contributed by atoms with E-state index >= 15 is 0 Å². The molecule has 0 aliphatic heterocycles. The van der Waals surface area contributed by atoms with Crippen LogP contribution < -0.4 is 9.62 Å². The van der Waals surface area contributed by atoms with Crippen LogP contribution in [0.1, 0.15) is 24.5 Å². The van der Waals surface area contributed by atoms with E-state index in [0.29, 0.717) is 17.3 Å². The van der Waals surface area contributed by atoms with Crippen molar-refractivity contribution in [3.63, 3.8) is 0 Å². The zero-order valence-corrected chi connectivity index (χ0v) is 17.3. The largest absolute Gasteiger partial charge is 0.354 e. The van der Waals surface area contributed by atoms with Gasteiger partial charge in [0.2, 0.25) is 15.9 Å². The predicted molar refractivity (Wildman–Crippen MR) is 111 cm³/mol. The first-order valence-electron chi connectivity index (χ1n) is 8.77. The van der Waals surface area contributed by atoms with Gasteiger partial charge in [0, 0.05) is 11.6 Å². The number of aryl methyl sites for hydroxylation is 2. The third kappa shape index (κ3) is 5.97. The summed E-state index contributed by atoms with van der Waals surface area (Å²) in [7, 11) is -3.65. The van der Waals surface area contributed by atoms with Gasteiger partial charge in [-0.25, -0.2) is 8.42 Å². The molecule has 0 heterocycles. The molecule has 2 rings (SSSR count). The van der Waals surface area contributed by atoms with Crippen molar-refractivity contribution < 1.29 is 13.2 Å². The molecule has 0 saturated carbocycles. The lowest BCUT2D eigenvalue weighted by molar-refractivity contribution is -0.121. The van der Waals surface area contributed by atoms with Gasteiger partial charge in [-0.15, -0.1) is 0 Å². The lowest BCUT2D eigenvalue weighted by atomic mass is 10.1. The topological polar surface area (TPSA) is 66.5 Å². The van der Waals surface area contributed by atoms with Crippen LogP contribution in [0.5, 0.6) is 0 Å². The van der Waals surface area contributed by atoms with E-state index in [1.165, 1.54) is 5.56 Å². The Balaban J connectivity index is 2.03. The molecule has 146 valence electrons. The summed E-state index contributed by atoms with van der Waals surface area (Å²) in [6, 6.07) is 14.1. The first-order valence-corrected chi connectivity index (χ1v) is 11.0. The molecule has 1 amide bonds. The van der Waals surface area contributed by atoms with Crippen LogP contribution in [0.3, 0.4) is 0 Å². The Kier molecular flexibility index (Phi) is 7.27. The van der Waals surface area contributed by atoms with Crippen molar-refractivity contribution in [2.24, 2.45) is 0 Å². The monoisotopic (exact) mass is 408 g/mol. The van der Waals surface area contributed by atoms with Crippen LogP contribution in [0.15, 0.2) is 48.5 Å². The summed E-state index contributed by atoms with van der Waals surface area (Å²) in [6.07, 6.45) is 2.70. The molecule has 0 fully saturated rings. The van der Waals surface area contributed by atoms with Crippen molar-refractivity contribution in [2.45, 2.75) is 32.7 Å². The van der Waals surface area contributed by atoms with Crippen molar-refractivity contribution in [1.29, 1.82) is 0 Å². The van der Waals surface area contributed by atoms with Gasteiger partial charge in [0.25, 0.3) is 0 Å². The number of hydrogen-bond acceptors (Lipinski definition) is 3. The van der Waals surface area contributed by atoms with E-state index in [9.17, 15) is 13.2 Å². The van der Waals surface area contributed by atoms with Gasteiger partial charge < -0.3 is 5.32 Å². The highest BCUT2D eigenvalue weighted by molar-refractivity contribution is 7.92. The molecule has 1 atom stereocenters. The Morgan fingerprint density at radius 2 is 1.85 bits per heavy atom. The van der Waals surface area contributed by atoms with Gasteiger partial charge in [0.1, 0.15) is 6.04 Å². The smallest absolute Gasteiger partial charge is 0.243 e. The lowest BCUT2D eigenvalue weighted by Crippen LogP contribution is -2.48. The van der Waals surface area contributed by atoms with Crippen LogP contribution in [0.25, 0.3) is 0 Å². The molecule has 0 aromatic heterocycles. The van der Waals surface area contributed by atoms with E-state index in [0.717, 1.165) is 29.0 Å². The number of anilines is 1. The van der Waals surface area contributed by atoms with E-state index in [1.807, 2.05) is 37.3 Å². The SMILES string of the molecule is Cc1ccc(N([C@H](C)C(=O)NCCCc2ccccc2)S(C)(=O)=O)cc1Cl. The molecule has 0 aliphatic rings. The van der Waals surface area contributed by atoms with E-state index in [2.05, 4.69) is 5.32 Å². The summed E-state index contributed by atoms with van der Waals surface area (Å²) >= 11 is 6.13. The summed E-state index contributed by atoms with van der Waals surface area (Å²) in [5.41, 5.74) is 2.42. The zero-order chi connectivity index (χ0) is 20.0. The maximum Gasteiger partial charge on any atom is 0.243 e. The standard InChI is InChI=1S/C20H25ClN2O3S/c1-15-11-12-18(14-19(15)21)23(27(3,25)26)16(2)20(24)22-13-7-10-17-8-5-4-6-9-17/h4-6,8-9,11-12,14,16H,7,10,13H2,1-3H3,(H,22,24)/t16-/m1/s1. The highest BCUT2D eigenvalue weighted by Gasteiger charge is 2.29. The van der Waals surface area contributed by atoms with Crippen LogP contribution in [0.4, 0.5) is 5.69 Å². The van der Waals surface area contributed by atoms with Gasteiger partial charge in [0.05, 0.1) is 11.9 Å². The Morgan fingerprint density at radius 1 is 1.19 bits per heavy atom.